The second kappa shape index (κ2) is 39.6. The highest BCUT2D eigenvalue weighted by atomic mass is 16.6. The highest BCUT2D eigenvalue weighted by Gasteiger charge is 2.19. The van der Waals surface area contributed by atoms with E-state index in [1.54, 1.807) is 0 Å². The van der Waals surface area contributed by atoms with Crippen LogP contribution in [0.15, 0.2) is 0 Å². The summed E-state index contributed by atoms with van der Waals surface area (Å²) in [6, 6.07) is 0. The van der Waals surface area contributed by atoms with Crippen molar-refractivity contribution >= 4 is 17.9 Å². The molecule has 6 heteroatoms. The molecule has 0 aromatic heterocycles. The van der Waals surface area contributed by atoms with Gasteiger partial charge in [-0.2, -0.15) is 0 Å². The Bertz CT molecular complexity index is 837. The number of rotatable bonds is 41. The summed E-state index contributed by atoms with van der Waals surface area (Å²) in [6.45, 7) is 13.6. The van der Waals surface area contributed by atoms with E-state index in [1.165, 1.54) is 135 Å². The molecule has 1 atom stereocenters. The molecule has 0 aliphatic carbocycles. The van der Waals surface area contributed by atoms with Gasteiger partial charge in [0.1, 0.15) is 13.2 Å². The van der Waals surface area contributed by atoms with E-state index in [-0.39, 0.29) is 31.1 Å². The average Bonchev–Trinajstić information content (AvgIpc) is 3.12. The van der Waals surface area contributed by atoms with E-state index < -0.39 is 6.10 Å². The van der Waals surface area contributed by atoms with Crippen molar-refractivity contribution < 1.29 is 28.6 Å². The molecule has 0 saturated carbocycles. The molecule has 0 amide bonds. The third-order valence-electron chi connectivity index (χ3n) is 10.6. The highest BCUT2D eigenvalue weighted by molar-refractivity contribution is 5.71. The predicted octanol–water partition coefficient (Wildman–Crippen LogP) is 14.8. The van der Waals surface area contributed by atoms with Gasteiger partial charge >= 0.3 is 17.9 Å². The quantitative estimate of drug-likeness (QED) is 0.0350. The molecular weight excluding hydrogens is 673 g/mol. The van der Waals surface area contributed by atoms with Gasteiger partial charge in [-0.25, -0.2) is 0 Å². The molecule has 0 bridgehead atoms. The zero-order chi connectivity index (χ0) is 39.9. The van der Waals surface area contributed by atoms with Gasteiger partial charge in [0.2, 0.25) is 0 Å². The van der Waals surface area contributed by atoms with Crippen molar-refractivity contribution in [3.8, 4) is 0 Å². The van der Waals surface area contributed by atoms with Crippen molar-refractivity contribution in [2.45, 2.75) is 260 Å². The lowest BCUT2D eigenvalue weighted by molar-refractivity contribution is -0.167. The van der Waals surface area contributed by atoms with E-state index >= 15 is 0 Å². The summed E-state index contributed by atoms with van der Waals surface area (Å²) in [4.78, 5) is 37.7. The van der Waals surface area contributed by atoms with Crippen molar-refractivity contribution in [2.24, 2.45) is 17.8 Å². The maximum Gasteiger partial charge on any atom is 0.306 e. The van der Waals surface area contributed by atoms with Crippen molar-refractivity contribution in [1.82, 2.24) is 0 Å². The molecule has 0 aliphatic rings. The van der Waals surface area contributed by atoms with Gasteiger partial charge in [-0.05, 0) is 37.0 Å². The number of carbonyl (C=O) groups excluding carboxylic acids is 3. The topological polar surface area (TPSA) is 78.9 Å². The van der Waals surface area contributed by atoms with E-state index in [4.69, 9.17) is 14.2 Å². The number of ether oxygens (including phenoxy) is 3. The lowest BCUT2D eigenvalue weighted by atomic mass is 10.0. The third-order valence-corrected chi connectivity index (χ3v) is 10.6. The van der Waals surface area contributed by atoms with E-state index in [2.05, 4.69) is 41.5 Å². The third kappa shape index (κ3) is 41.6. The van der Waals surface area contributed by atoms with Gasteiger partial charge in [-0.15, -0.1) is 0 Å². The van der Waals surface area contributed by atoms with Crippen LogP contribution in [0.3, 0.4) is 0 Å². The van der Waals surface area contributed by atoms with Crippen LogP contribution in [0.2, 0.25) is 0 Å². The molecule has 0 rings (SSSR count). The molecule has 0 N–H and O–H groups in total. The van der Waals surface area contributed by atoms with Crippen molar-refractivity contribution in [3.05, 3.63) is 0 Å². The SMILES string of the molecule is CC(C)CCCCCCCCCCCCCCC(=O)O[C@@H](COC(=O)CCCCCCCCCCC(C)C)COC(=O)CCCCCCCCCC(C)C. The molecule has 0 saturated heterocycles. The summed E-state index contributed by atoms with van der Waals surface area (Å²) in [5.74, 6) is 1.55. The Hall–Kier alpha value is -1.59. The van der Waals surface area contributed by atoms with Gasteiger partial charge < -0.3 is 14.2 Å². The summed E-state index contributed by atoms with van der Waals surface area (Å²) in [7, 11) is 0. The fraction of sp³-hybridized carbons (Fsp3) is 0.938. The Labute approximate surface area is 336 Å². The Morgan fingerprint density at radius 3 is 0.796 bits per heavy atom. The molecule has 6 nitrogen and oxygen atoms in total. The number of carbonyl (C=O) groups is 3. The first-order chi connectivity index (χ1) is 26.1. The Kier molecular flexibility index (Phi) is 38.5. The van der Waals surface area contributed by atoms with Crippen molar-refractivity contribution in [2.75, 3.05) is 13.2 Å². The first kappa shape index (κ1) is 52.4. The van der Waals surface area contributed by atoms with Crippen LogP contribution in [-0.4, -0.2) is 37.2 Å². The number of unbranched alkanes of at least 4 members (excludes halogenated alkanes) is 24. The van der Waals surface area contributed by atoms with Gasteiger partial charge in [0.15, 0.2) is 6.10 Å². The number of hydrogen-bond donors (Lipinski definition) is 0. The fourth-order valence-electron chi connectivity index (χ4n) is 7.06. The van der Waals surface area contributed by atoms with Crippen LogP contribution in [0, 0.1) is 17.8 Å². The first-order valence-corrected chi connectivity index (χ1v) is 23.6. The maximum atomic E-state index is 12.7. The first-order valence-electron chi connectivity index (χ1n) is 23.6. The molecule has 0 heterocycles. The summed E-state index contributed by atoms with van der Waals surface area (Å²) < 4.78 is 16.7. The standard InChI is InChI=1S/C48H92O6/c1-42(2)34-28-22-16-11-9-7-8-10-12-20-27-33-39-48(51)54-45(41-53-47(50)38-32-26-21-15-18-24-30-36-44(5)6)40-52-46(49)37-31-25-19-14-13-17-23-29-35-43(3)4/h42-45H,7-41H2,1-6H3/t45-/m0/s1. The van der Waals surface area contributed by atoms with Crippen LogP contribution in [0.4, 0.5) is 0 Å². The molecule has 0 radical (unpaired) electrons. The molecule has 0 aromatic carbocycles. The van der Waals surface area contributed by atoms with Gasteiger partial charge in [-0.1, -0.05) is 215 Å². The van der Waals surface area contributed by atoms with Crippen LogP contribution in [0.1, 0.15) is 253 Å². The molecule has 0 aliphatic heterocycles. The van der Waals surface area contributed by atoms with Gasteiger partial charge in [0, 0.05) is 19.3 Å². The molecule has 0 unspecified atom stereocenters. The van der Waals surface area contributed by atoms with Crippen LogP contribution < -0.4 is 0 Å². The average molecular weight is 765 g/mol. The zero-order valence-electron chi connectivity index (χ0n) is 37.0. The predicted molar refractivity (Wildman–Crippen MR) is 229 cm³/mol. The Morgan fingerprint density at radius 2 is 0.537 bits per heavy atom. The van der Waals surface area contributed by atoms with Crippen LogP contribution >= 0.6 is 0 Å². The van der Waals surface area contributed by atoms with Gasteiger partial charge in [0.25, 0.3) is 0 Å². The molecule has 0 fully saturated rings. The van der Waals surface area contributed by atoms with E-state index in [0.29, 0.717) is 19.3 Å². The lowest BCUT2D eigenvalue weighted by Crippen LogP contribution is -2.30. The number of hydrogen-bond acceptors (Lipinski definition) is 6. The van der Waals surface area contributed by atoms with Crippen LogP contribution in [0.5, 0.6) is 0 Å². The summed E-state index contributed by atoms with van der Waals surface area (Å²) >= 11 is 0. The zero-order valence-corrected chi connectivity index (χ0v) is 37.0. The van der Waals surface area contributed by atoms with Gasteiger partial charge in [0.05, 0.1) is 0 Å². The molecule has 0 spiro atoms. The smallest absolute Gasteiger partial charge is 0.306 e. The maximum absolute atomic E-state index is 12.7. The second-order valence-corrected chi connectivity index (χ2v) is 17.8. The van der Waals surface area contributed by atoms with Crippen LogP contribution in [0.25, 0.3) is 0 Å². The highest BCUT2D eigenvalue weighted by Crippen LogP contribution is 2.17. The number of esters is 3. The molecule has 54 heavy (non-hydrogen) atoms. The van der Waals surface area contributed by atoms with E-state index in [1.807, 2.05) is 0 Å². The fourth-order valence-corrected chi connectivity index (χ4v) is 7.06. The monoisotopic (exact) mass is 765 g/mol. The van der Waals surface area contributed by atoms with Crippen molar-refractivity contribution in [3.63, 3.8) is 0 Å². The summed E-state index contributed by atoms with van der Waals surface area (Å²) in [5, 5.41) is 0. The summed E-state index contributed by atoms with van der Waals surface area (Å²) in [5.41, 5.74) is 0. The largest absolute Gasteiger partial charge is 0.462 e. The van der Waals surface area contributed by atoms with E-state index in [9.17, 15) is 14.4 Å². The minimum atomic E-state index is -0.762. The Morgan fingerprint density at radius 1 is 0.315 bits per heavy atom. The van der Waals surface area contributed by atoms with E-state index in [0.717, 1.165) is 75.5 Å². The van der Waals surface area contributed by atoms with Gasteiger partial charge in [-0.3, -0.25) is 14.4 Å². The second-order valence-electron chi connectivity index (χ2n) is 17.8. The minimum Gasteiger partial charge on any atom is -0.462 e. The molecular formula is C48H92O6. The van der Waals surface area contributed by atoms with Crippen molar-refractivity contribution in [1.29, 1.82) is 0 Å². The normalized spacial score (nSPS) is 12.2. The van der Waals surface area contributed by atoms with Crippen LogP contribution in [-0.2, 0) is 28.6 Å². The molecule has 320 valence electrons. The Balaban J connectivity index is 4.33. The molecule has 0 aromatic rings. The summed E-state index contributed by atoms with van der Waals surface area (Å²) in [6.07, 6.45) is 36.7. The minimum absolute atomic E-state index is 0.0665. The lowest BCUT2D eigenvalue weighted by Gasteiger charge is -2.18.